The van der Waals surface area contributed by atoms with Crippen LogP contribution in [0.25, 0.3) is 28.7 Å². The lowest BCUT2D eigenvalue weighted by Crippen LogP contribution is -2.22. The Balaban J connectivity index is 1.88. The molecule has 1 N–H and O–H groups in total. The Morgan fingerprint density at radius 3 is 2.47 bits per heavy atom. The fourth-order valence-electron chi connectivity index (χ4n) is 3.36. The van der Waals surface area contributed by atoms with Gasteiger partial charge in [0.2, 0.25) is 0 Å². The molecule has 32 heavy (non-hydrogen) atoms. The fourth-order valence-corrected chi connectivity index (χ4v) is 3.36. The molecule has 1 aromatic heterocycles. The smallest absolute Gasteiger partial charge is 0.335 e. The highest BCUT2D eigenvalue weighted by Crippen LogP contribution is 2.21. The van der Waals surface area contributed by atoms with Crippen LogP contribution in [0.5, 0.6) is 0 Å². The molecule has 8 heteroatoms. The Morgan fingerprint density at radius 2 is 1.78 bits per heavy atom. The maximum absolute atomic E-state index is 13.3. The molecule has 0 aliphatic rings. The van der Waals surface area contributed by atoms with Gasteiger partial charge < -0.3 is 5.11 Å². The predicted molar refractivity (Wildman–Crippen MR) is 121 cm³/mol. The Kier molecular flexibility index (Phi) is 5.34. The molecule has 0 aliphatic carbocycles. The summed E-state index contributed by atoms with van der Waals surface area (Å²) in [4.78, 5) is 39.8. The van der Waals surface area contributed by atoms with Crippen molar-refractivity contribution in [3.8, 4) is 5.69 Å². The van der Waals surface area contributed by atoms with E-state index < -0.39 is 10.9 Å². The minimum atomic E-state index is -1.07. The van der Waals surface area contributed by atoms with E-state index in [2.05, 4.69) is 4.98 Å². The molecule has 0 saturated heterocycles. The van der Waals surface area contributed by atoms with E-state index in [-0.39, 0.29) is 16.8 Å². The summed E-state index contributed by atoms with van der Waals surface area (Å²) >= 11 is 0. The molecule has 4 aromatic rings. The van der Waals surface area contributed by atoms with Crippen LogP contribution in [-0.4, -0.2) is 25.6 Å². The number of carbonyl (C=O) groups is 1. The lowest BCUT2D eigenvalue weighted by atomic mass is 10.1. The van der Waals surface area contributed by atoms with Gasteiger partial charge in [-0.2, -0.15) is 0 Å². The van der Waals surface area contributed by atoms with Gasteiger partial charge in [-0.15, -0.1) is 0 Å². The van der Waals surface area contributed by atoms with E-state index in [4.69, 9.17) is 5.11 Å². The topological polar surface area (TPSA) is 115 Å². The van der Waals surface area contributed by atoms with E-state index in [0.29, 0.717) is 33.5 Å². The SMILES string of the molecule is Cc1ccc(/C=C/c2nc3ccccc3c(=O)n2-c2ccc(C(=O)O)cc2)cc1[N+](=O)[O-]. The van der Waals surface area contributed by atoms with Crippen LogP contribution in [0.4, 0.5) is 5.69 Å². The molecular weight excluding hydrogens is 410 g/mol. The first-order valence-corrected chi connectivity index (χ1v) is 9.64. The fraction of sp³-hybridized carbons (Fsp3) is 0.0417. The van der Waals surface area contributed by atoms with Gasteiger partial charge in [-0.1, -0.05) is 30.3 Å². The van der Waals surface area contributed by atoms with Gasteiger partial charge in [-0.25, -0.2) is 9.78 Å². The number of aromatic nitrogens is 2. The van der Waals surface area contributed by atoms with Gasteiger partial charge in [0.25, 0.3) is 11.2 Å². The molecular formula is C24H17N3O5. The number of hydrogen-bond acceptors (Lipinski definition) is 5. The maximum atomic E-state index is 13.3. The third-order valence-electron chi connectivity index (χ3n) is 5.03. The third-order valence-corrected chi connectivity index (χ3v) is 5.03. The van der Waals surface area contributed by atoms with Gasteiger partial charge in [0, 0.05) is 11.6 Å². The summed E-state index contributed by atoms with van der Waals surface area (Å²) in [6.45, 7) is 1.66. The number of nitro benzene ring substituents is 1. The van der Waals surface area contributed by atoms with Crippen LogP contribution in [0.1, 0.15) is 27.3 Å². The lowest BCUT2D eigenvalue weighted by Gasteiger charge is -2.11. The van der Waals surface area contributed by atoms with Crippen LogP contribution in [-0.2, 0) is 0 Å². The second kappa shape index (κ2) is 8.27. The molecule has 4 rings (SSSR count). The number of benzene rings is 3. The van der Waals surface area contributed by atoms with Crippen LogP contribution in [0.15, 0.2) is 71.5 Å². The van der Waals surface area contributed by atoms with Crippen molar-refractivity contribution >= 4 is 34.7 Å². The van der Waals surface area contributed by atoms with E-state index in [1.807, 2.05) is 0 Å². The molecule has 8 nitrogen and oxygen atoms in total. The second-order valence-corrected chi connectivity index (χ2v) is 7.12. The van der Waals surface area contributed by atoms with Gasteiger partial charge in [0.1, 0.15) is 5.82 Å². The third kappa shape index (κ3) is 3.89. The molecule has 1 heterocycles. The Hall–Kier alpha value is -4.59. The van der Waals surface area contributed by atoms with Crippen LogP contribution in [0, 0.1) is 17.0 Å². The number of aromatic carboxylic acids is 1. The predicted octanol–water partition coefficient (Wildman–Crippen LogP) is 4.47. The van der Waals surface area contributed by atoms with Crippen LogP contribution in [0.2, 0.25) is 0 Å². The van der Waals surface area contributed by atoms with E-state index in [9.17, 15) is 19.7 Å². The van der Waals surface area contributed by atoms with E-state index in [0.717, 1.165) is 0 Å². The van der Waals surface area contributed by atoms with Gasteiger partial charge in [0.15, 0.2) is 0 Å². The largest absolute Gasteiger partial charge is 0.478 e. The molecule has 0 saturated carbocycles. The molecule has 158 valence electrons. The van der Waals surface area contributed by atoms with Gasteiger partial charge in [0.05, 0.1) is 27.1 Å². The Labute approximate surface area is 181 Å². The number of nitrogens with zero attached hydrogens (tertiary/aromatic N) is 3. The highest BCUT2D eigenvalue weighted by Gasteiger charge is 2.13. The molecule has 0 aliphatic heterocycles. The minimum absolute atomic E-state index is 0.000250. The van der Waals surface area contributed by atoms with Crippen molar-refractivity contribution in [2.24, 2.45) is 0 Å². The molecule has 3 aromatic carbocycles. The highest BCUT2D eigenvalue weighted by molar-refractivity contribution is 5.88. The number of nitro groups is 1. The van der Waals surface area contributed by atoms with Crippen molar-refractivity contribution in [3.63, 3.8) is 0 Å². The van der Waals surface area contributed by atoms with Crippen molar-refractivity contribution in [1.29, 1.82) is 0 Å². The quantitative estimate of drug-likeness (QED) is 0.371. The molecule has 0 atom stereocenters. The first-order valence-electron chi connectivity index (χ1n) is 9.64. The summed E-state index contributed by atoms with van der Waals surface area (Å²) < 4.78 is 1.38. The number of carboxylic acids is 1. The summed E-state index contributed by atoms with van der Waals surface area (Å²) in [6, 6.07) is 17.7. The maximum Gasteiger partial charge on any atom is 0.335 e. The average Bonchev–Trinajstić information content (AvgIpc) is 2.78. The van der Waals surface area contributed by atoms with Gasteiger partial charge in [-0.3, -0.25) is 19.5 Å². The lowest BCUT2D eigenvalue weighted by molar-refractivity contribution is -0.385. The first-order chi connectivity index (χ1) is 15.3. The highest BCUT2D eigenvalue weighted by atomic mass is 16.6. The summed E-state index contributed by atoms with van der Waals surface area (Å²) in [5.74, 6) is -0.762. The number of carboxylic acid groups (broad SMARTS) is 1. The molecule has 0 unspecified atom stereocenters. The van der Waals surface area contributed by atoms with E-state index in [1.165, 1.54) is 34.9 Å². The molecule has 0 spiro atoms. The number of aryl methyl sites for hydroxylation is 1. The van der Waals surface area contributed by atoms with Crippen LogP contribution >= 0.6 is 0 Å². The summed E-state index contributed by atoms with van der Waals surface area (Å²) in [7, 11) is 0. The first kappa shape index (κ1) is 20.7. The Morgan fingerprint density at radius 1 is 1.06 bits per heavy atom. The normalized spacial score (nSPS) is 11.2. The summed E-state index contributed by atoms with van der Waals surface area (Å²) in [5, 5.41) is 20.8. The van der Waals surface area contributed by atoms with E-state index in [1.54, 1.807) is 55.5 Å². The molecule has 0 fully saturated rings. The minimum Gasteiger partial charge on any atom is -0.478 e. The number of para-hydroxylation sites is 1. The number of rotatable bonds is 5. The Bertz CT molecular complexity index is 1450. The standard InChI is InChI=1S/C24H17N3O5/c1-15-6-7-16(14-21(15)27(31)32)8-13-22-25-20-5-3-2-4-19(20)23(28)26(22)18-11-9-17(10-12-18)24(29)30/h2-14H,1H3,(H,29,30)/b13-8+. The van der Waals surface area contributed by atoms with Crippen molar-refractivity contribution in [3.05, 3.63) is 110 Å². The average molecular weight is 427 g/mol. The monoisotopic (exact) mass is 427 g/mol. The van der Waals surface area contributed by atoms with Crippen molar-refractivity contribution in [2.45, 2.75) is 6.92 Å². The molecule has 0 bridgehead atoms. The van der Waals surface area contributed by atoms with E-state index >= 15 is 0 Å². The van der Waals surface area contributed by atoms with Crippen molar-refractivity contribution in [2.75, 3.05) is 0 Å². The van der Waals surface area contributed by atoms with Gasteiger partial charge >= 0.3 is 5.97 Å². The van der Waals surface area contributed by atoms with Crippen LogP contribution in [0.3, 0.4) is 0 Å². The molecule has 0 radical (unpaired) electrons. The summed E-state index contributed by atoms with van der Waals surface area (Å²) in [5.41, 5.74) is 1.87. The van der Waals surface area contributed by atoms with Crippen molar-refractivity contribution in [1.82, 2.24) is 9.55 Å². The second-order valence-electron chi connectivity index (χ2n) is 7.12. The zero-order valence-electron chi connectivity index (χ0n) is 16.9. The van der Waals surface area contributed by atoms with Crippen LogP contribution < -0.4 is 5.56 Å². The summed E-state index contributed by atoms with van der Waals surface area (Å²) in [6.07, 6.45) is 3.25. The zero-order valence-corrected chi connectivity index (χ0v) is 16.9. The zero-order chi connectivity index (χ0) is 22.8. The molecule has 0 amide bonds. The van der Waals surface area contributed by atoms with Crippen molar-refractivity contribution < 1.29 is 14.8 Å². The number of hydrogen-bond donors (Lipinski definition) is 1. The van der Waals surface area contributed by atoms with Gasteiger partial charge in [-0.05, 0) is 55.0 Å². The number of fused-ring (bicyclic) bond motifs is 1.